The van der Waals surface area contributed by atoms with Gasteiger partial charge in [0.1, 0.15) is 0 Å². The molecular formula is C20H29N3O. The Balaban J connectivity index is 2.63. The van der Waals surface area contributed by atoms with Gasteiger partial charge in [-0.05, 0) is 51.2 Å². The molecule has 130 valence electrons. The Hall–Kier alpha value is -2.10. The molecule has 0 saturated heterocycles. The highest BCUT2D eigenvalue weighted by atomic mass is 16.1. The van der Waals surface area contributed by atoms with Crippen LogP contribution in [0.2, 0.25) is 0 Å². The molecule has 0 aliphatic carbocycles. The Morgan fingerprint density at radius 2 is 1.88 bits per heavy atom. The molecule has 1 amide bonds. The number of aromatic nitrogens is 2. The van der Waals surface area contributed by atoms with Crippen molar-refractivity contribution >= 4 is 5.91 Å². The van der Waals surface area contributed by atoms with Crippen LogP contribution in [0.5, 0.6) is 0 Å². The zero-order chi connectivity index (χ0) is 17.9. The third-order valence-electron chi connectivity index (χ3n) is 3.98. The molecule has 0 fully saturated rings. The topological polar surface area (TPSA) is 46.9 Å². The van der Waals surface area contributed by atoms with E-state index in [1.807, 2.05) is 30.7 Å². The van der Waals surface area contributed by atoms with Crippen LogP contribution in [0.3, 0.4) is 0 Å². The second-order valence-electron chi connectivity index (χ2n) is 7.05. The summed E-state index contributed by atoms with van der Waals surface area (Å²) in [5, 5.41) is 7.87. The molecule has 4 heteroatoms. The fourth-order valence-electron chi connectivity index (χ4n) is 2.96. The molecule has 0 aliphatic heterocycles. The Kier molecular flexibility index (Phi) is 5.81. The molecule has 0 spiro atoms. The fourth-order valence-corrected chi connectivity index (χ4v) is 2.96. The summed E-state index contributed by atoms with van der Waals surface area (Å²) >= 11 is 0. The lowest BCUT2D eigenvalue weighted by Crippen LogP contribution is -2.31. The molecule has 0 aliphatic rings. The second kappa shape index (κ2) is 7.65. The van der Waals surface area contributed by atoms with Crippen LogP contribution in [-0.4, -0.2) is 21.7 Å². The van der Waals surface area contributed by atoms with Crippen molar-refractivity contribution in [2.75, 3.05) is 0 Å². The quantitative estimate of drug-likeness (QED) is 0.869. The number of hydrogen-bond acceptors (Lipinski definition) is 2. The normalized spacial score (nSPS) is 11.3. The van der Waals surface area contributed by atoms with Crippen molar-refractivity contribution in [3.05, 3.63) is 46.8 Å². The molecule has 1 aromatic heterocycles. The Morgan fingerprint density at radius 3 is 2.42 bits per heavy atom. The average Bonchev–Trinajstić information content (AvgIpc) is 2.84. The number of aryl methyl sites for hydroxylation is 1. The van der Waals surface area contributed by atoms with Crippen molar-refractivity contribution in [1.29, 1.82) is 0 Å². The van der Waals surface area contributed by atoms with E-state index < -0.39 is 0 Å². The first-order valence-corrected chi connectivity index (χ1v) is 8.82. The maximum Gasteiger partial charge on any atom is 0.255 e. The van der Waals surface area contributed by atoms with E-state index in [9.17, 15) is 4.79 Å². The number of nitrogens with one attached hydrogen (secondary N) is 1. The number of hydrogen-bond donors (Lipinski definition) is 1. The lowest BCUT2D eigenvalue weighted by Gasteiger charge is -2.12. The first-order chi connectivity index (χ1) is 11.3. The van der Waals surface area contributed by atoms with Crippen molar-refractivity contribution in [3.63, 3.8) is 0 Å². The van der Waals surface area contributed by atoms with Crippen molar-refractivity contribution in [1.82, 2.24) is 15.1 Å². The highest BCUT2D eigenvalue weighted by Crippen LogP contribution is 2.24. The van der Waals surface area contributed by atoms with Gasteiger partial charge in [0.2, 0.25) is 0 Å². The number of rotatable bonds is 6. The van der Waals surface area contributed by atoms with Crippen molar-refractivity contribution in [3.8, 4) is 5.69 Å². The maximum absolute atomic E-state index is 12.8. The number of carbonyl (C=O) groups is 1. The van der Waals surface area contributed by atoms with Gasteiger partial charge >= 0.3 is 0 Å². The van der Waals surface area contributed by atoms with E-state index in [1.54, 1.807) is 0 Å². The van der Waals surface area contributed by atoms with Gasteiger partial charge in [-0.2, -0.15) is 5.10 Å². The molecule has 1 heterocycles. The van der Waals surface area contributed by atoms with Crippen LogP contribution in [0, 0.1) is 12.8 Å². The molecule has 0 unspecified atom stereocenters. The summed E-state index contributed by atoms with van der Waals surface area (Å²) in [5.41, 5.74) is 4.83. The van der Waals surface area contributed by atoms with Gasteiger partial charge in [-0.1, -0.05) is 39.0 Å². The molecule has 2 aromatic rings. The summed E-state index contributed by atoms with van der Waals surface area (Å²) in [6.07, 6.45) is 1.56. The third kappa shape index (κ3) is 3.86. The van der Waals surface area contributed by atoms with Gasteiger partial charge in [-0.3, -0.25) is 4.79 Å². The minimum absolute atomic E-state index is 0.0164. The van der Waals surface area contributed by atoms with Gasteiger partial charge in [0, 0.05) is 6.04 Å². The number of nitrogens with zero attached hydrogens (tertiary/aromatic N) is 2. The summed E-state index contributed by atoms with van der Waals surface area (Å²) < 4.78 is 1.96. The van der Waals surface area contributed by atoms with Crippen LogP contribution >= 0.6 is 0 Å². The minimum Gasteiger partial charge on any atom is -0.350 e. The van der Waals surface area contributed by atoms with Gasteiger partial charge in [-0.25, -0.2) is 4.68 Å². The average molecular weight is 327 g/mol. The van der Waals surface area contributed by atoms with E-state index in [-0.39, 0.29) is 11.9 Å². The number of amides is 1. The van der Waals surface area contributed by atoms with E-state index in [4.69, 9.17) is 5.10 Å². The highest BCUT2D eigenvalue weighted by Gasteiger charge is 2.24. The molecule has 24 heavy (non-hydrogen) atoms. The first kappa shape index (κ1) is 18.2. The number of carbonyl (C=O) groups excluding carboxylic acids is 1. The predicted octanol–water partition coefficient (Wildman–Crippen LogP) is 4.08. The van der Waals surface area contributed by atoms with Crippen molar-refractivity contribution < 1.29 is 4.79 Å². The third-order valence-corrected chi connectivity index (χ3v) is 3.98. The van der Waals surface area contributed by atoms with E-state index in [1.165, 1.54) is 0 Å². The zero-order valence-corrected chi connectivity index (χ0v) is 15.7. The van der Waals surface area contributed by atoms with Crippen molar-refractivity contribution in [2.45, 2.75) is 60.4 Å². The number of benzene rings is 1. The minimum atomic E-state index is -0.0164. The molecule has 0 radical (unpaired) electrons. The predicted molar refractivity (Wildman–Crippen MR) is 98.8 cm³/mol. The highest BCUT2D eigenvalue weighted by molar-refractivity contribution is 5.97. The fraction of sp³-hybridized carbons (Fsp3) is 0.500. The zero-order valence-electron chi connectivity index (χ0n) is 15.7. The molecular weight excluding hydrogens is 298 g/mol. The molecule has 0 atom stereocenters. The summed E-state index contributed by atoms with van der Waals surface area (Å²) in [4.78, 5) is 12.8. The second-order valence-corrected chi connectivity index (χ2v) is 7.05. The molecule has 4 nitrogen and oxygen atoms in total. The Labute approximate surface area is 145 Å². The largest absolute Gasteiger partial charge is 0.350 e. The van der Waals surface area contributed by atoms with Gasteiger partial charge in [-0.15, -0.1) is 0 Å². The van der Waals surface area contributed by atoms with Gasteiger partial charge in [0.05, 0.1) is 22.6 Å². The van der Waals surface area contributed by atoms with Crippen LogP contribution in [0.25, 0.3) is 5.69 Å². The molecule has 0 bridgehead atoms. The Bertz CT molecular complexity index is 714. The Morgan fingerprint density at radius 1 is 1.21 bits per heavy atom. The molecule has 1 aromatic carbocycles. The van der Waals surface area contributed by atoms with Crippen LogP contribution in [0.15, 0.2) is 24.3 Å². The van der Waals surface area contributed by atoms with Crippen LogP contribution < -0.4 is 5.32 Å². The molecule has 1 N–H and O–H groups in total. The number of para-hydroxylation sites is 1. The van der Waals surface area contributed by atoms with E-state index >= 15 is 0 Å². The summed E-state index contributed by atoms with van der Waals surface area (Å²) in [6.45, 7) is 12.4. The van der Waals surface area contributed by atoms with Crippen LogP contribution in [0.4, 0.5) is 0 Å². The van der Waals surface area contributed by atoms with Gasteiger partial charge in [0.15, 0.2) is 0 Å². The van der Waals surface area contributed by atoms with Crippen molar-refractivity contribution in [2.24, 2.45) is 5.92 Å². The van der Waals surface area contributed by atoms with E-state index in [0.717, 1.165) is 41.0 Å². The van der Waals surface area contributed by atoms with Crippen LogP contribution in [-0.2, 0) is 12.8 Å². The van der Waals surface area contributed by atoms with E-state index in [0.29, 0.717) is 5.92 Å². The summed E-state index contributed by atoms with van der Waals surface area (Å²) in [6, 6.07) is 8.28. The van der Waals surface area contributed by atoms with Gasteiger partial charge < -0.3 is 5.32 Å². The lowest BCUT2D eigenvalue weighted by atomic mass is 10.0. The van der Waals surface area contributed by atoms with E-state index in [2.05, 4.69) is 45.1 Å². The first-order valence-electron chi connectivity index (χ1n) is 8.82. The summed E-state index contributed by atoms with van der Waals surface area (Å²) in [7, 11) is 0. The smallest absolute Gasteiger partial charge is 0.255 e. The maximum atomic E-state index is 12.8. The molecule has 0 saturated carbocycles. The SMILES string of the molecule is CCc1c(C(=O)NC(C)C)c(CC(C)C)nn1-c1ccccc1C. The summed E-state index contributed by atoms with van der Waals surface area (Å²) in [5.74, 6) is 0.429. The monoisotopic (exact) mass is 327 g/mol. The van der Waals surface area contributed by atoms with Crippen LogP contribution in [0.1, 0.15) is 61.9 Å². The molecule has 2 rings (SSSR count). The lowest BCUT2D eigenvalue weighted by molar-refractivity contribution is 0.0941. The van der Waals surface area contributed by atoms with Gasteiger partial charge in [0.25, 0.3) is 5.91 Å². The standard InChI is InChI=1S/C20H29N3O/c1-7-17-19(20(24)21-14(4)5)16(12-13(2)3)22-23(17)18-11-9-8-10-15(18)6/h8-11,13-14H,7,12H2,1-6H3,(H,21,24).